The summed E-state index contributed by atoms with van der Waals surface area (Å²) >= 11 is 0. The smallest absolute Gasteiger partial charge is 0.240 e. The van der Waals surface area contributed by atoms with Gasteiger partial charge in [-0.05, 0) is 24.7 Å². The molecule has 0 fully saturated rings. The maximum absolute atomic E-state index is 11.5. The van der Waals surface area contributed by atoms with Gasteiger partial charge in [0.1, 0.15) is 0 Å². The summed E-state index contributed by atoms with van der Waals surface area (Å²) in [6, 6.07) is 0. The Morgan fingerprint density at radius 1 is 0.739 bits per heavy atom. The van der Waals surface area contributed by atoms with Crippen molar-refractivity contribution in [3.05, 3.63) is 0 Å². The van der Waals surface area contributed by atoms with Gasteiger partial charge < -0.3 is 0 Å². The van der Waals surface area contributed by atoms with Crippen LogP contribution in [0, 0.1) is 11.8 Å². The van der Waals surface area contributed by atoms with Crippen molar-refractivity contribution in [2.75, 3.05) is 0 Å². The van der Waals surface area contributed by atoms with E-state index in [0.717, 1.165) is 32.1 Å². The first-order valence-electron chi connectivity index (χ1n) is 8.56. The summed E-state index contributed by atoms with van der Waals surface area (Å²) in [4.78, 5) is 22.9. The van der Waals surface area contributed by atoms with Gasteiger partial charge in [0.25, 0.3) is 0 Å². The highest BCUT2D eigenvalue weighted by molar-refractivity contribution is 5.77. The minimum absolute atomic E-state index is 0.0377. The molecule has 6 heteroatoms. The number of unbranched alkanes of at least 4 members (excludes halogenated alkanes) is 4. The maximum Gasteiger partial charge on any atom is 0.240 e. The van der Waals surface area contributed by atoms with Crippen LogP contribution in [0.1, 0.15) is 72.6 Å². The van der Waals surface area contributed by atoms with Gasteiger partial charge in [0.05, 0.1) is 0 Å². The molecule has 0 aliphatic heterocycles. The molecule has 0 saturated carbocycles. The molecule has 0 bridgehead atoms. The number of rotatable bonds is 12. The number of hydrogen-bond acceptors (Lipinski definition) is 4. The Labute approximate surface area is 140 Å². The molecule has 0 aliphatic rings. The van der Waals surface area contributed by atoms with Gasteiger partial charge in [0, 0.05) is 25.3 Å². The van der Waals surface area contributed by atoms with E-state index in [4.69, 9.17) is 0 Å². The Balaban J connectivity index is 3.45. The molecule has 0 aliphatic carbocycles. The van der Waals surface area contributed by atoms with Crippen molar-refractivity contribution in [1.82, 2.24) is 10.9 Å². The summed E-state index contributed by atoms with van der Waals surface area (Å²) in [6.07, 6.45) is 9.16. The fourth-order valence-electron chi connectivity index (χ4n) is 1.73. The first kappa shape index (κ1) is 21.3. The van der Waals surface area contributed by atoms with Crippen molar-refractivity contribution >= 4 is 24.2 Å². The summed E-state index contributed by atoms with van der Waals surface area (Å²) < 4.78 is 0. The van der Waals surface area contributed by atoms with Gasteiger partial charge in [-0.15, -0.1) is 0 Å². The minimum Gasteiger partial charge on any atom is -0.273 e. The molecule has 23 heavy (non-hydrogen) atoms. The largest absolute Gasteiger partial charge is 0.273 e. The van der Waals surface area contributed by atoms with Crippen LogP contribution in [-0.2, 0) is 9.59 Å². The average Bonchev–Trinajstić information content (AvgIpc) is 2.45. The number of amides is 2. The van der Waals surface area contributed by atoms with E-state index in [-0.39, 0.29) is 11.8 Å². The highest BCUT2D eigenvalue weighted by Gasteiger charge is 2.01. The van der Waals surface area contributed by atoms with Gasteiger partial charge in [0.15, 0.2) is 0 Å². The Kier molecular flexibility index (Phi) is 12.9. The second-order valence-electron chi connectivity index (χ2n) is 6.38. The molecule has 0 heterocycles. The molecule has 132 valence electrons. The topological polar surface area (TPSA) is 82.9 Å². The number of hydrazone groups is 2. The third-order valence-electron chi connectivity index (χ3n) is 2.93. The molecule has 6 nitrogen and oxygen atoms in total. The summed E-state index contributed by atoms with van der Waals surface area (Å²) in [5.74, 6) is 0.598. The van der Waals surface area contributed by atoms with E-state index < -0.39 is 0 Å². The summed E-state index contributed by atoms with van der Waals surface area (Å²) in [5.41, 5.74) is 5.05. The Bertz CT molecular complexity index is 354. The Morgan fingerprint density at radius 3 is 1.43 bits per heavy atom. The van der Waals surface area contributed by atoms with Crippen molar-refractivity contribution in [2.24, 2.45) is 22.0 Å². The highest BCUT2D eigenvalue weighted by atomic mass is 16.2. The van der Waals surface area contributed by atoms with Crippen molar-refractivity contribution in [3.63, 3.8) is 0 Å². The van der Waals surface area contributed by atoms with Crippen LogP contribution in [0.5, 0.6) is 0 Å². The molecule has 0 aromatic rings. The molecule has 0 unspecified atom stereocenters. The van der Waals surface area contributed by atoms with Crippen LogP contribution in [0.2, 0.25) is 0 Å². The van der Waals surface area contributed by atoms with Crippen LogP contribution in [0.3, 0.4) is 0 Å². The normalized spacial score (nSPS) is 11.7. The first-order valence-corrected chi connectivity index (χ1v) is 8.56. The molecule has 0 rings (SSSR count). The lowest BCUT2D eigenvalue weighted by molar-refractivity contribution is -0.121. The van der Waals surface area contributed by atoms with Gasteiger partial charge in [-0.25, -0.2) is 10.9 Å². The van der Waals surface area contributed by atoms with Crippen LogP contribution in [0.15, 0.2) is 10.2 Å². The zero-order chi connectivity index (χ0) is 17.5. The molecule has 0 radical (unpaired) electrons. The lowest BCUT2D eigenvalue weighted by Gasteiger charge is -2.02. The number of nitrogens with zero attached hydrogens (tertiary/aromatic N) is 2. The Hall–Kier alpha value is -1.72. The van der Waals surface area contributed by atoms with E-state index in [1.54, 1.807) is 12.4 Å². The molecule has 0 atom stereocenters. The van der Waals surface area contributed by atoms with Crippen molar-refractivity contribution in [3.8, 4) is 0 Å². The van der Waals surface area contributed by atoms with Crippen molar-refractivity contribution in [1.29, 1.82) is 0 Å². The third kappa shape index (κ3) is 16.5. The molecule has 0 spiro atoms. The average molecular weight is 324 g/mol. The molecular weight excluding hydrogens is 292 g/mol. The SMILES string of the molecule is CC(C)/C=N\NC(=O)CCCCCCCC(=O)N/N=C\C(C)C. The molecule has 0 aromatic heterocycles. The second kappa shape index (κ2) is 13.9. The summed E-state index contributed by atoms with van der Waals surface area (Å²) in [6.45, 7) is 8.03. The van der Waals surface area contributed by atoms with E-state index in [1.807, 2.05) is 27.7 Å². The summed E-state index contributed by atoms with van der Waals surface area (Å²) in [5, 5.41) is 7.75. The molecule has 2 N–H and O–H groups in total. The quantitative estimate of drug-likeness (QED) is 0.328. The summed E-state index contributed by atoms with van der Waals surface area (Å²) in [7, 11) is 0. The van der Waals surface area contributed by atoms with Gasteiger partial charge in [-0.3, -0.25) is 9.59 Å². The predicted octanol–water partition coefficient (Wildman–Crippen LogP) is 3.23. The van der Waals surface area contributed by atoms with Crippen LogP contribution in [0.4, 0.5) is 0 Å². The van der Waals surface area contributed by atoms with E-state index in [1.165, 1.54) is 0 Å². The lowest BCUT2D eigenvalue weighted by Crippen LogP contribution is -2.17. The van der Waals surface area contributed by atoms with Crippen LogP contribution in [-0.4, -0.2) is 24.2 Å². The number of hydrogen-bond donors (Lipinski definition) is 2. The van der Waals surface area contributed by atoms with Gasteiger partial charge in [0.2, 0.25) is 11.8 Å². The Morgan fingerprint density at radius 2 is 1.09 bits per heavy atom. The minimum atomic E-state index is -0.0377. The predicted molar refractivity (Wildman–Crippen MR) is 95.3 cm³/mol. The van der Waals surface area contributed by atoms with E-state index >= 15 is 0 Å². The van der Waals surface area contributed by atoms with Gasteiger partial charge >= 0.3 is 0 Å². The monoisotopic (exact) mass is 324 g/mol. The first-order chi connectivity index (χ1) is 10.9. The molecule has 2 amide bonds. The number of carbonyl (C=O) groups is 2. The molecule has 0 aromatic carbocycles. The fourth-order valence-corrected chi connectivity index (χ4v) is 1.73. The van der Waals surface area contributed by atoms with Crippen molar-refractivity contribution < 1.29 is 9.59 Å². The third-order valence-corrected chi connectivity index (χ3v) is 2.93. The van der Waals surface area contributed by atoms with Gasteiger partial charge in [-0.1, -0.05) is 47.0 Å². The number of nitrogens with one attached hydrogen (secondary N) is 2. The standard InChI is InChI=1S/C17H32N4O2/c1-14(2)12-18-20-16(22)10-8-6-5-7-9-11-17(23)21-19-13-15(3)4/h12-15H,5-11H2,1-4H3,(H,20,22)(H,21,23)/b18-12-,19-13-. The van der Waals surface area contributed by atoms with E-state index in [9.17, 15) is 9.59 Å². The van der Waals surface area contributed by atoms with E-state index in [2.05, 4.69) is 21.1 Å². The lowest BCUT2D eigenvalue weighted by atomic mass is 10.1. The van der Waals surface area contributed by atoms with Crippen LogP contribution < -0.4 is 10.9 Å². The van der Waals surface area contributed by atoms with E-state index in [0.29, 0.717) is 24.7 Å². The number of carbonyl (C=O) groups excluding carboxylic acids is 2. The van der Waals surface area contributed by atoms with Crippen LogP contribution in [0.25, 0.3) is 0 Å². The zero-order valence-electron chi connectivity index (χ0n) is 15.0. The fraction of sp³-hybridized carbons (Fsp3) is 0.765. The maximum atomic E-state index is 11.5. The van der Waals surface area contributed by atoms with Gasteiger partial charge in [-0.2, -0.15) is 10.2 Å². The molecule has 0 saturated heterocycles. The zero-order valence-corrected chi connectivity index (χ0v) is 15.0. The molecular formula is C17H32N4O2. The van der Waals surface area contributed by atoms with Crippen molar-refractivity contribution in [2.45, 2.75) is 72.6 Å². The van der Waals surface area contributed by atoms with Crippen LogP contribution >= 0.6 is 0 Å². The highest BCUT2D eigenvalue weighted by Crippen LogP contribution is 2.07. The second-order valence-corrected chi connectivity index (χ2v) is 6.38.